The van der Waals surface area contributed by atoms with Gasteiger partial charge in [0.15, 0.2) is 0 Å². The molecule has 0 bridgehead atoms. The van der Waals surface area contributed by atoms with Crippen molar-refractivity contribution in [2.24, 2.45) is 5.73 Å². The van der Waals surface area contributed by atoms with Crippen LogP contribution in [0.4, 0.5) is 0 Å². The predicted molar refractivity (Wildman–Crippen MR) is 47.9 cm³/mol. The fourth-order valence-electron chi connectivity index (χ4n) is 0.375. The van der Waals surface area contributed by atoms with Crippen molar-refractivity contribution in [3.05, 3.63) is 0 Å². The molecule has 0 saturated heterocycles. The molecule has 56 valence electrons. The summed E-state index contributed by atoms with van der Waals surface area (Å²) in [6.07, 6.45) is 0. The van der Waals surface area contributed by atoms with Gasteiger partial charge in [-0.1, -0.05) is 0 Å². The van der Waals surface area contributed by atoms with Gasteiger partial charge in [-0.25, -0.2) is 0 Å². The Hall–Kier alpha value is 0.620. The van der Waals surface area contributed by atoms with Crippen LogP contribution in [0.15, 0.2) is 0 Å². The van der Waals surface area contributed by atoms with Gasteiger partial charge in [-0.2, -0.15) is 0 Å². The van der Waals surface area contributed by atoms with E-state index in [1.807, 2.05) is 18.8 Å². The fourth-order valence-corrected chi connectivity index (χ4v) is 1.83. The molecule has 0 saturated carbocycles. The first kappa shape index (κ1) is 9.62. The van der Waals surface area contributed by atoms with Crippen LogP contribution in [0, 0.1) is 0 Å². The second kappa shape index (κ2) is 8.62. The van der Waals surface area contributed by atoms with Crippen LogP contribution >= 0.6 is 23.5 Å². The van der Waals surface area contributed by atoms with Crippen molar-refractivity contribution in [2.75, 3.05) is 30.3 Å². The van der Waals surface area contributed by atoms with Crippen molar-refractivity contribution in [1.82, 2.24) is 5.32 Å². The zero-order chi connectivity index (χ0) is 6.95. The molecule has 0 unspecified atom stereocenters. The van der Waals surface area contributed by atoms with E-state index in [1.165, 1.54) is 11.5 Å². The van der Waals surface area contributed by atoms with Gasteiger partial charge >= 0.3 is 0 Å². The smallest absolute Gasteiger partial charge is 0.0415 e. The molecule has 9 heavy (non-hydrogen) atoms. The van der Waals surface area contributed by atoms with Gasteiger partial charge in [-0.3, -0.25) is 0 Å². The van der Waals surface area contributed by atoms with E-state index in [4.69, 9.17) is 5.73 Å². The van der Waals surface area contributed by atoms with Crippen molar-refractivity contribution < 1.29 is 0 Å². The summed E-state index contributed by atoms with van der Waals surface area (Å²) >= 11 is 3.69. The van der Waals surface area contributed by atoms with E-state index >= 15 is 0 Å². The number of hydrogen-bond donors (Lipinski definition) is 2. The zero-order valence-corrected chi connectivity index (χ0v) is 7.36. The quantitative estimate of drug-likeness (QED) is 0.446. The molecule has 0 fully saturated rings. The van der Waals surface area contributed by atoms with Crippen LogP contribution in [0.25, 0.3) is 0 Å². The summed E-state index contributed by atoms with van der Waals surface area (Å²) in [5, 5.41) is 3.07. The maximum absolute atomic E-state index is 5.28. The minimum atomic E-state index is 0.750. The molecule has 4 heteroatoms. The highest BCUT2D eigenvalue weighted by Crippen LogP contribution is 2.02. The number of nitrogens with two attached hydrogens (primary N) is 1. The van der Waals surface area contributed by atoms with Crippen LogP contribution < -0.4 is 11.1 Å². The van der Waals surface area contributed by atoms with E-state index in [0.717, 1.165) is 11.8 Å². The molecule has 0 aromatic rings. The number of thioether (sulfide) groups is 2. The van der Waals surface area contributed by atoms with Crippen LogP contribution in [-0.2, 0) is 0 Å². The minimum Gasteiger partial charge on any atom is -0.322 e. The van der Waals surface area contributed by atoms with Crippen molar-refractivity contribution >= 4 is 23.5 Å². The lowest BCUT2D eigenvalue weighted by Crippen LogP contribution is -2.05. The number of hydrogen-bond acceptors (Lipinski definition) is 4. The van der Waals surface area contributed by atoms with E-state index in [9.17, 15) is 0 Å². The molecule has 0 aliphatic carbocycles. The Morgan fingerprint density at radius 1 is 1.33 bits per heavy atom. The molecular weight excluding hydrogens is 152 g/mol. The molecule has 0 radical (unpaired) electrons. The Bertz CT molecular complexity index is 46.2. The lowest BCUT2D eigenvalue weighted by Gasteiger charge is -1.97. The lowest BCUT2D eigenvalue weighted by atomic mass is 11.0. The highest BCUT2D eigenvalue weighted by atomic mass is 32.2. The second-order valence-corrected chi connectivity index (χ2v) is 3.74. The summed E-state index contributed by atoms with van der Waals surface area (Å²) in [7, 11) is 1.96. The fraction of sp³-hybridized carbons (Fsp3) is 1.00. The summed E-state index contributed by atoms with van der Waals surface area (Å²) < 4.78 is 0. The van der Waals surface area contributed by atoms with E-state index < -0.39 is 0 Å². The van der Waals surface area contributed by atoms with Crippen molar-refractivity contribution in [3.8, 4) is 0 Å². The standard InChI is InChI=1S/C5H14N2S2/c1-7-5-9-3-2-8-4-6/h7H,2-6H2,1H3. The molecular formula is C5H14N2S2. The van der Waals surface area contributed by atoms with Crippen molar-refractivity contribution in [2.45, 2.75) is 0 Å². The van der Waals surface area contributed by atoms with Gasteiger partial charge in [0.05, 0.1) is 0 Å². The molecule has 0 aliphatic rings. The van der Waals surface area contributed by atoms with Crippen LogP contribution in [0.5, 0.6) is 0 Å². The third kappa shape index (κ3) is 8.62. The first-order valence-electron chi connectivity index (χ1n) is 2.92. The first-order chi connectivity index (χ1) is 4.41. The highest BCUT2D eigenvalue weighted by Gasteiger charge is 1.85. The lowest BCUT2D eigenvalue weighted by molar-refractivity contribution is 0.982. The first-order valence-corrected chi connectivity index (χ1v) is 5.23. The average molecular weight is 166 g/mol. The molecule has 0 heterocycles. The molecule has 0 aliphatic heterocycles. The monoisotopic (exact) mass is 166 g/mol. The van der Waals surface area contributed by atoms with Gasteiger partial charge in [0, 0.05) is 23.3 Å². The van der Waals surface area contributed by atoms with Crippen LogP contribution in [0.2, 0.25) is 0 Å². The SMILES string of the molecule is CNCSCCSCN. The third-order valence-electron chi connectivity index (χ3n) is 0.736. The third-order valence-corrected chi connectivity index (χ3v) is 2.71. The van der Waals surface area contributed by atoms with Crippen LogP contribution in [0.1, 0.15) is 0 Å². The molecule has 0 amide bonds. The Labute approximate surface area is 65.3 Å². The Balaban J connectivity index is 2.60. The van der Waals surface area contributed by atoms with Crippen molar-refractivity contribution in [3.63, 3.8) is 0 Å². The summed E-state index contributed by atoms with van der Waals surface area (Å²) in [5.74, 6) is 4.16. The van der Waals surface area contributed by atoms with Gasteiger partial charge in [-0.15, -0.1) is 23.5 Å². The van der Waals surface area contributed by atoms with Gasteiger partial charge in [0.1, 0.15) is 0 Å². The van der Waals surface area contributed by atoms with E-state index in [0.29, 0.717) is 0 Å². The maximum atomic E-state index is 5.28. The molecule has 3 N–H and O–H groups in total. The van der Waals surface area contributed by atoms with E-state index in [2.05, 4.69) is 5.32 Å². The molecule has 0 aromatic carbocycles. The molecule has 0 spiro atoms. The molecule has 0 atom stereocenters. The topological polar surface area (TPSA) is 38.0 Å². The van der Waals surface area contributed by atoms with Gasteiger partial charge < -0.3 is 11.1 Å². The van der Waals surface area contributed by atoms with E-state index in [1.54, 1.807) is 11.8 Å². The summed E-state index contributed by atoms with van der Waals surface area (Å²) in [6.45, 7) is 0. The van der Waals surface area contributed by atoms with Gasteiger partial charge in [0.2, 0.25) is 0 Å². The van der Waals surface area contributed by atoms with Crippen LogP contribution in [0.3, 0.4) is 0 Å². The second-order valence-electron chi connectivity index (χ2n) is 1.48. The molecule has 2 nitrogen and oxygen atoms in total. The van der Waals surface area contributed by atoms with Crippen molar-refractivity contribution in [1.29, 1.82) is 0 Å². The largest absolute Gasteiger partial charge is 0.322 e. The van der Waals surface area contributed by atoms with Gasteiger partial charge in [-0.05, 0) is 7.05 Å². The minimum absolute atomic E-state index is 0.750. The molecule has 0 rings (SSSR count). The Morgan fingerprint density at radius 2 is 2.00 bits per heavy atom. The highest BCUT2D eigenvalue weighted by molar-refractivity contribution is 8.02. The maximum Gasteiger partial charge on any atom is 0.0415 e. The van der Waals surface area contributed by atoms with Crippen LogP contribution in [-0.4, -0.2) is 30.3 Å². The van der Waals surface area contributed by atoms with E-state index in [-0.39, 0.29) is 0 Å². The Morgan fingerprint density at radius 3 is 2.56 bits per heavy atom. The zero-order valence-electron chi connectivity index (χ0n) is 5.72. The number of rotatable bonds is 6. The average Bonchev–Trinajstić information content (AvgIpc) is 1.89. The normalized spacial score (nSPS) is 10.0. The molecule has 0 aromatic heterocycles. The summed E-state index contributed by atoms with van der Waals surface area (Å²) in [4.78, 5) is 0. The summed E-state index contributed by atoms with van der Waals surface area (Å²) in [6, 6.07) is 0. The predicted octanol–water partition coefficient (Wildman–Crippen LogP) is 0.546. The Kier molecular flexibility index (Phi) is 9.21. The van der Waals surface area contributed by atoms with Gasteiger partial charge in [0.25, 0.3) is 0 Å². The summed E-state index contributed by atoms with van der Waals surface area (Å²) in [5.41, 5.74) is 5.28. The number of nitrogens with one attached hydrogen (secondary N) is 1.